The van der Waals surface area contributed by atoms with Crippen LogP contribution in [0.25, 0.3) is 28.2 Å². The van der Waals surface area contributed by atoms with E-state index >= 15 is 0 Å². The molecule has 3 heterocycles. The molecular weight excluding hydrogens is 371 g/mol. The van der Waals surface area contributed by atoms with Crippen LogP contribution in [0.15, 0.2) is 42.9 Å². The van der Waals surface area contributed by atoms with Crippen molar-refractivity contribution >= 4 is 23.2 Å². The van der Waals surface area contributed by atoms with E-state index in [1.165, 1.54) is 28.8 Å². The van der Waals surface area contributed by atoms with Gasteiger partial charge in [-0.25, -0.2) is 19.2 Å². The Bertz CT molecular complexity index is 1210. The van der Waals surface area contributed by atoms with Crippen LogP contribution in [0.4, 0.5) is 4.39 Å². The lowest BCUT2D eigenvalue weighted by molar-refractivity contribution is 0.0697. The third kappa shape index (κ3) is 2.67. The van der Waals surface area contributed by atoms with Gasteiger partial charge in [0.05, 0.1) is 17.6 Å². The molecule has 1 aromatic carbocycles. The lowest BCUT2D eigenvalue weighted by Crippen LogP contribution is -1.97. The Morgan fingerprint density at radius 2 is 2.04 bits per heavy atom. The summed E-state index contributed by atoms with van der Waals surface area (Å²) in [6.07, 6.45) is 3.16. The van der Waals surface area contributed by atoms with Crippen LogP contribution in [0.2, 0.25) is 5.15 Å². The third-order valence-corrected chi connectivity index (χ3v) is 4.91. The van der Waals surface area contributed by atoms with E-state index < -0.39 is 11.8 Å². The monoisotopic (exact) mass is 384 g/mol. The molecule has 8 heteroatoms. The fraction of sp³-hybridized carbons (Fsp3) is 0.105. The van der Waals surface area contributed by atoms with Crippen LogP contribution in [0, 0.1) is 12.7 Å². The molecule has 0 fully saturated rings. The molecule has 3 aromatic heterocycles. The summed E-state index contributed by atoms with van der Waals surface area (Å²) in [5.41, 5.74) is 2.92. The number of carbonyl (C=O) groups is 1. The summed E-state index contributed by atoms with van der Waals surface area (Å²) in [7, 11) is 1.86. The molecule has 0 atom stereocenters. The van der Waals surface area contributed by atoms with Crippen LogP contribution in [0.3, 0.4) is 0 Å². The Balaban J connectivity index is 2.00. The van der Waals surface area contributed by atoms with E-state index in [0.29, 0.717) is 16.9 Å². The van der Waals surface area contributed by atoms with E-state index in [2.05, 4.69) is 9.97 Å². The third-order valence-electron chi connectivity index (χ3n) is 4.55. The highest BCUT2D eigenvalue weighted by atomic mass is 35.5. The first kappa shape index (κ1) is 17.2. The number of hydrogen-bond acceptors (Lipinski definition) is 3. The van der Waals surface area contributed by atoms with Gasteiger partial charge in [-0.1, -0.05) is 23.7 Å². The van der Waals surface area contributed by atoms with Crippen LogP contribution in [0.5, 0.6) is 0 Å². The molecule has 0 unspecified atom stereocenters. The molecule has 0 aliphatic rings. The topological polar surface area (TPSA) is 72.4 Å². The zero-order valence-electron chi connectivity index (χ0n) is 14.4. The second-order valence-electron chi connectivity index (χ2n) is 6.15. The van der Waals surface area contributed by atoms with Crippen LogP contribution >= 0.6 is 11.6 Å². The van der Waals surface area contributed by atoms with Crippen LogP contribution < -0.4 is 0 Å². The molecule has 0 saturated heterocycles. The largest absolute Gasteiger partial charge is 0.478 e. The fourth-order valence-electron chi connectivity index (χ4n) is 3.02. The number of pyridine rings is 1. The molecule has 0 saturated carbocycles. The van der Waals surface area contributed by atoms with Crippen molar-refractivity contribution in [3.05, 3.63) is 65.1 Å². The van der Waals surface area contributed by atoms with E-state index in [9.17, 15) is 9.18 Å². The van der Waals surface area contributed by atoms with Gasteiger partial charge in [0.25, 0.3) is 0 Å². The van der Waals surface area contributed by atoms with Gasteiger partial charge in [0, 0.05) is 30.1 Å². The number of benzene rings is 1. The molecule has 27 heavy (non-hydrogen) atoms. The van der Waals surface area contributed by atoms with Crippen LogP contribution in [-0.2, 0) is 7.05 Å². The maximum absolute atomic E-state index is 14.8. The van der Waals surface area contributed by atoms with Crippen molar-refractivity contribution in [2.75, 3.05) is 0 Å². The number of aromatic carboxylic acids is 1. The minimum Gasteiger partial charge on any atom is -0.478 e. The number of hydrogen-bond donors (Lipinski definition) is 1. The van der Waals surface area contributed by atoms with Crippen molar-refractivity contribution in [1.29, 1.82) is 0 Å². The highest BCUT2D eigenvalue weighted by Gasteiger charge is 2.22. The van der Waals surface area contributed by atoms with Gasteiger partial charge in [-0.05, 0) is 25.1 Å². The van der Waals surface area contributed by atoms with Gasteiger partial charge in [-0.15, -0.1) is 0 Å². The number of imidazole rings is 2. The Hall–Kier alpha value is -3.19. The summed E-state index contributed by atoms with van der Waals surface area (Å²) in [6, 6.07) is 7.51. The quantitative estimate of drug-likeness (QED) is 0.574. The zero-order chi connectivity index (χ0) is 19.3. The molecule has 6 nitrogen and oxygen atoms in total. The summed E-state index contributed by atoms with van der Waals surface area (Å²) in [5.74, 6) is -1.56. The van der Waals surface area contributed by atoms with Crippen molar-refractivity contribution < 1.29 is 14.3 Å². The predicted molar refractivity (Wildman–Crippen MR) is 99.5 cm³/mol. The summed E-state index contributed by atoms with van der Waals surface area (Å²) >= 11 is 6.46. The van der Waals surface area contributed by atoms with E-state index in [0.717, 1.165) is 5.69 Å². The molecule has 0 radical (unpaired) electrons. The molecule has 136 valence electrons. The van der Waals surface area contributed by atoms with E-state index in [4.69, 9.17) is 16.7 Å². The average Bonchev–Trinajstić information content (AvgIpc) is 3.14. The SMILES string of the molecule is Cc1c(-c2cccc(F)c2-c2nc3cc(C(=O)O)ccn3c2Cl)ncn1C. The molecule has 0 amide bonds. The first-order chi connectivity index (χ1) is 12.9. The van der Waals surface area contributed by atoms with Crippen LogP contribution in [0.1, 0.15) is 16.1 Å². The number of aromatic nitrogens is 4. The minimum absolute atomic E-state index is 0.0741. The molecule has 0 aliphatic carbocycles. The van der Waals surface area contributed by atoms with Crippen LogP contribution in [-0.4, -0.2) is 30.0 Å². The van der Waals surface area contributed by atoms with Crippen molar-refractivity contribution in [2.24, 2.45) is 7.05 Å². The number of rotatable bonds is 3. The molecular formula is C19H14ClFN4O2. The summed E-state index contributed by atoms with van der Waals surface area (Å²) in [4.78, 5) is 20.0. The Morgan fingerprint density at radius 3 is 2.70 bits per heavy atom. The number of carboxylic acid groups (broad SMARTS) is 1. The van der Waals surface area contributed by atoms with Gasteiger partial charge in [0.2, 0.25) is 0 Å². The lowest BCUT2D eigenvalue weighted by Gasteiger charge is -2.09. The lowest BCUT2D eigenvalue weighted by atomic mass is 10.0. The molecule has 1 N–H and O–H groups in total. The van der Waals surface area contributed by atoms with E-state index in [-0.39, 0.29) is 22.0 Å². The van der Waals surface area contributed by atoms with Gasteiger partial charge in [0.15, 0.2) is 0 Å². The molecule has 0 spiro atoms. The fourth-order valence-corrected chi connectivity index (χ4v) is 3.30. The van der Waals surface area contributed by atoms with Gasteiger partial charge in [-0.2, -0.15) is 0 Å². The smallest absolute Gasteiger partial charge is 0.335 e. The van der Waals surface area contributed by atoms with Gasteiger partial charge in [0.1, 0.15) is 22.3 Å². The molecule has 4 rings (SSSR count). The zero-order valence-corrected chi connectivity index (χ0v) is 15.2. The van der Waals surface area contributed by atoms with Crippen molar-refractivity contribution in [2.45, 2.75) is 6.92 Å². The number of aryl methyl sites for hydroxylation is 1. The van der Waals surface area contributed by atoms with Crippen molar-refractivity contribution in [3.63, 3.8) is 0 Å². The second kappa shape index (κ2) is 6.21. The highest BCUT2D eigenvalue weighted by Crippen LogP contribution is 2.38. The Labute approximate surface area is 158 Å². The van der Waals surface area contributed by atoms with Crippen molar-refractivity contribution in [3.8, 4) is 22.5 Å². The van der Waals surface area contributed by atoms with Gasteiger partial charge >= 0.3 is 5.97 Å². The number of halogens is 2. The second-order valence-corrected chi connectivity index (χ2v) is 6.51. The van der Waals surface area contributed by atoms with E-state index in [1.807, 2.05) is 18.5 Å². The number of fused-ring (bicyclic) bond motifs is 1. The first-order valence-electron chi connectivity index (χ1n) is 8.06. The van der Waals surface area contributed by atoms with Gasteiger partial charge in [-0.3, -0.25) is 4.40 Å². The average molecular weight is 385 g/mol. The molecule has 0 aliphatic heterocycles. The first-order valence-corrected chi connectivity index (χ1v) is 8.44. The maximum atomic E-state index is 14.8. The molecule has 4 aromatic rings. The number of nitrogens with zero attached hydrogens (tertiary/aromatic N) is 4. The predicted octanol–water partition coefficient (Wildman–Crippen LogP) is 4.20. The normalized spacial score (nSPS) is 11.3. The number of carboxylic acids is 1. The maximum Gasteiger partial charge on any atom is 0.335 e. The van der Waals surface area contributed by atoms with Crippen molar-refractivity contribution in [1.82, 2.24) is 18.9 Å². The molecule has 0 bridgehead atoms. The summed E-state index contributed by atoms with van der Waals surface area (Å²) in [6.45, 7) is 1.89. The van der Waals surface area contributed by atoms with E-state index in [1.54, 1.807) is 18.5 Å². The Morgan fingerprint density at radius 1 is 1.26 bits per heavy atom. The summed E-state index contributed by atoms with van der Waals surface area (Å²) < 4.78 is 18.2. The Kier molecular flexibility index (Phi) is 3.96. The van der Waals surface area contributed by atoms with Gasteiger partial charge < -0.3 is 9.67 Å². The summed E-state index contributed by atoms with van der Waals surface area (Å²) in [5, 5.41) is 9.36. The minimum atomic E-state index is -1.08. The standard InChI is InChI=1S/C19H14ClFN4O2/c1-10-16(22-9-24(10)2)12-4-3-5-13(21)15(12)17-18(20)25-7-6-11(19(26)27)8-14(25)23-17/h3-9H,1-2H3,(H,26,27). The highest BCUT2D eigenvalue weighted by molar-refractivity contribution is 6.32.